The van der Waals surface area contributed by atoms with E-state index < -0.39 is 12.5 Å². The topological polar surface area (TPSA) is 80.7 Å². The van der Waals surface area contributed by atoms with E-state index in [1.165, 1.54) is 4.68 Å². The molecule has 1 aromatic heterocycles. The van der Waals surface area contributed by atoms with Crippen molar-refractivity contribution in [3.63, 3.8) is 0 Å². The fourth-order valence-electron chi connectivity index (χ4n) is 5.25. The molecule has 0 aliphatic carbocycles. The number of nitrogens with zero attached hydrogens (tertiary/aromatic N) is 3. The molecular formula is C28H33F2N5O3. The molecule has 10 heteroatoms. The summed E-state index contributed by atoms with van der Waals surface area (Å²) in [4.78, 5) is 14.7. The molecule has 2 aromatic carbocycles. The highest BCUT2D eigenvalue weighted by Gasteiger charge is 2.35. The second-order valence-electron chi connectivity index (χ2n) is 9.82. The van der Waals surface area contributed by atoms with Gasteiger partial charge < -0.3 is 25.0 Å². The van der Waals surface area contributed by atoms with Gasteiger partial charge in [-0.3, -0.25) is 4.79 Å². The lowest BCUT2D eigenvalue weighted by molar-refractivity contribution is -0.133. The van der Waals surface area contributed by atoms with E-state index in [2.05, 4.69) is 15.7 Å². The van der Waals surface area contributed by atoms with Crippen LogP contribution in [0.3, 0.4) is 0 Å². The van der Waals surface area contributed by atoms with Crippen LogP contribution in [-0.2, 0) is 11.2 Å². The summed E-state index contributed by atoms with van der Waals surface area (Å²) >= 11 is 0. The van der Waals surface area contributed by atoms with Crippen molar-refractivity contribution >= 4 is 11.7 Å². The van der Waals surface area contributed by atoms with Crippen LogP contribution in [0.4, 0.5) is 14.6 Å². The Balaban J connectivity index is 1.35. The van der Waals surface area contributed by atoms with Gasteiger partial charge in [-0.05, 0) is 36.6 Å². The second kappa shape index (κ2) is 11.0. The van der Waals surface area contributed by atoms with E-state index in [0.29, 0.717) is 36.0 Å². The second-order valence-corrected chi connectivity index (χ2v) is 9.82. The van der Waals surface area contributed by atoms with Crippen molar-refractivity contribution < 1.29 is 23.0 Å². The number of fused-ring (bicyclic) bond motifs is 1. The zero-order valence-corrected chi connectivity index (χ0v) is 21.8. The molecule has 1 fully saturated rings. The minimum atomic E-state index is -2.58. The standard InChI is InChI=1S/C28H33F2N5O3/c1-17-16-31-10-11-34(17)27(36)12-18-4-6-19(7-5-18)22-15-26-32-21(14-23(28(29)30)35(26)33-22)20-8-9-24(37-2)25(13-20)38-3/h4-9,13,15,17,21,23,28,31-32H,10-12,14,16H2,1-3H3/t17-,21?,23?/m1/s1. The van der Waals surface area contributed by atoms with Crippen molar-refractivity contribution in [3.8, 4) is 22.8 Å². The number of nitrogens with one attached hydrogen (secondary N) is 2. The Hall–Kier alpha value is -3.66. The molecule has 0 spiro atoms. The molecule has 0 saturated carbocycles. The number of carbonyl (C=O) groups excluding carboxylic acids is 1. The van der Waals surface area contributed by atoms with Crippen LogP contribution in [-0.4, -0.2) is 66.9 Å². The van der Waals surface area contributed by atoms with Gasteiger partial charge in [0, 0.05) is 37.3 Å². The fourth-order valence-corrected chi connectivity index (χ4v) is 5.25. The fraction of sp³-hybridized carbons (Fsp3) is 0.429. The van der Waals surface area contributed by atoms with Gasteiger partial charge in [0.1, 0.15) is 11.9 Å². The van der Waals surface area contributed by atoms with E-state index in [0.717, 1.165) is 29.8 Å². The van der Waals surface area contributed by atoms with Gasteiger partial charge in [-0.2, -0.15) is 5.10 Å². The predicted octanol–water partition coefficient (Wildman–Crippen LogP) is 4.29. The molecule has 2 aliphatic rings. The van der Waals surface area contributed by atoms with E-state index in [1.807, 2.05) is 48.2 Å². The number of rotatable bonds is 7. The summed E-state index contributed by atoms with van der Waals surface area (Å²) in [5, 5.41) is 11.2. The van der Waals surface area contributed by atoms with Crippen molar-refractivity contribution in [1.29, 1.82) is 0 Å². The molecule has 1 saturated heterocycles. The molecule has 1 amide bonds. The third-order valence-corrected chi connectivity index (χ3v) is 7.38. The number of piperazine rings is 1. The van der Waals surface area contributed by atoms with E-state index in [1.54, 1.807) is 26.4 Å². The number of hydrogen-bond acceptors (Lipinski definition) is 6. The van der Waals surface area contributed by atoms with Gasteiger partial charge in [0.25, 0.3) is 6.43 Å². The highest BCUT2D eigenvalue weighted by Crippen LogP contribution is 2.41. The summed E-state index contributed by atoms with van der Waals surface area (Å²) in [5.41, 5.74) is 3.14. The molecule has 5 rings (SSSR count). The first kappa shape index (κ1) is 26.0. The maximum Gasteiger partial charge on any atom is 0.260 e. The minimum Gasteiger partial charge on any atom is -0.493 e. The number of halogens is 2. The summed E-state index contributed by atoms with van der Waals surface area (Å²) in [5.74, 6) is 1.76. The van der Waals surface area contributed by atoms with Crippen molar-refractivity contribution in [1.82, 2.24) is 20.0 Å². The Morgan fingerprint density at radius 3 is 2.55 bits per heavy atom. The van der Waals surface area contributed by atoms with Crippen LogP contribution in [0.1, 0.15) is 36.6 Å². The summed E-state index contributed by atoms with van der Waals surface area (Å²) in [6, 6.07) is 13.6. The number of aromatic nitrogens is 2. The van der Waals surface area contributed by atoms with Crippen LogP contribution >= 0.6 is 0 Å². The van der Waals surface area contributed by atoms with Crippen molar-refractivity contribution in [2.45, 2.75) is 44.3 Å². The molecule has 0 radical (unpaired) electrons. The van der Waals surface area contributed by atoms with Crippen LogP contribution in [0.25, 0.3) is 11.3 Å². The normalized spacial score (nSPS) is 21.1. The number of amides is 1. The highest BCUT2D eigenvalue weighted by atomic mass is 19.3. The number of carbonyl (C=O) groups is 1. The Morgan fingerprint density at radius 1 is 1.11 bits per heavy atom. The molecule has 38 heavy (non-hydrogen) atoms. The zero-order chi connectivity index (χ0) is 26.8. The van der Waals surface area contributed by atoms with Crippen molar-refractivity contribution in [2.24, 2.45) is 0 Å². The highest BCUT2D eigenvalue weighted by molar-refractivity contribution is 5.79. The first-order valence-electron chi connectivity index (χ1n) is 12.8. The quantitative estimate of drug-likeness (QED) is 0.479. The molecule has 3 atom stereocenters. The number of alkyl halides is 2. The van der Waals surface area contributed by atoms with E-state index in [9.17, 15) is 13.6 Å². The van der Waals surface area contributed by atoms with Gasteiger partial charge in [-0.25, -0.2) is 13.5 Å². The first-order chi connectivity index (χ1) is 18.4. The van der Waals surface area contributed by atoms with Gasteiger partial charge in [0.05, 0.1) is 32.4 Å². The Bertz CT molecular complexity index is 1280. The average molecular weight is 526 g/mol. The average Bonchev–Trinajstić information content (AvgIpc) is 3.36. The molecule has 3 heterocycles. The lowest BCUT2D eigenvalue weighted by Crippen LogP contribution is -2.52. The first-order valence-corrected chi connectivity index (χ1v) is 12.8. The molecule has 8 nitrogen and oxygen atoms in total. The largest absolute Gasteiger partial charge is 0.493 e. The van der Waals surface area contributed by atoms with Crippen LogP contribution in [0.5, 0.6) is 11.5 Å². The smallest absolute Gasteiger partial charge is 0.260 e. The monoisotopic (exact) mass is 525 g/mol. The van der Waals surface area contributed by atoms with E-state index in [4.69, 9.17) is 9.47 Å². The molecular weight excluding hydrogens is 492 g/mol. The zero-order valence-electron chi connectivity index (χ0n) is 21.8. The van der Waals surface area contributed by atoms with Gasteiger partial charge in [0.2, 0.25) is 5.91 Å². The van der Waals surface area contributed by atoms with Crippen molar-refractivity contribution in [2.75, 3.05) is 39.2 Å². The summed E-state index contributed by atoms with van der Waals surface area (Å²) in [6.45, 7) is 4.36. The number of benzene rings is 2. The van der Waals surface area contributed by atoms with Crippen molar-refractivity contribution in [3.05, 3.63) is 59.7 Å². The molecule has 0 bridgehead atoms. The van der Waals surface area contributed by atoms with Crippen LogP contribution in [0.2, 0.25) is 0 Å². The number of ether oxygens (including phenoxy) is 2. The maximum absolute atomic E-state index is 14.1. The van der Waals surface area contributed by atoms with Crippen LogP contribution in [0, 0.1) is 0 Å². The summed E-state index contributed by atoms with van der Waals surface area (Å²) < 4.78 is 40.4. The third-order valence-electron chi connectivity index (χ3n) is 7.38. The summed E-state index contributed by atoms with van der Waals surface area (Å²) in [7, 11) is 3.10. The maximum atomic E-state index is 14.1. The molecule has 2 aliphatic heterocycles. The molecule has 2 N–H and O–H groups in total. The Labute approximate surface area is 220 Å². The number of hydrogen-bond donors (Lipinski definition) is 2. The third kappa shape index (κ3) is 5.18. The molecule has 3 aromatic rings. The lowest BCUT2D eigenvalue weighted by Gasteiger charge is -2.34. The van der Waals surface area contributed by atoms with Gasteiger partial charge in [-0.1, -0.05) is 30.3 Å². The Morgan fingerprint density at radius 2 is 1.87 bits per heavy atom. The molecule has 2 unspecified atom stereocenters. The van der Waals surface area contributed by atoms with E-state index in [-0.39, 0.29) is 24.4 Å². The minimum absolute atomic E-state index is 0.106. The number of anilines is 1. The van der Waals surface area contributed by atoms with Gasteiger partial charge in [0.15, 0.2) is 11.5 Å². The summed E-state index contributed by atoms with van der Waals surface area (Å²) in [6.07, 6.45) is -2.08. The lowest BCUT2D eigenvalue weighted by atomic mass is 9.97. The predicted molar refractivity (Wildman–Crippen MR) is 141 cm³/mol. The number of methoxy groups -OCH3 is 2. The Kier molecular flexibility index (Phi) is 7.51. The SMILES string of the molecule is COc1ccc(C2CC(C(F)F)n3nc(-c4ccc(CC(=O)N5CCNC[C@H]5C)cc4)cc3N2)cc1OC. The van der Waals surface area contributed by atoms with Crippen LogP contribution < -0.4 is 20.1 Å². The van der Waals surface area contributed by atoms with E-state index >= 15 is 0 Å². The van der Waals surface area contributed by atoms with Crippen LogP contribution in [0.15, 0.2) is 48.5 Å². The van der Waals surface area contributed by atoms with Gasteiger partial charge >= 0.3 is 0 Å². The van der Waals surface area contributed by atoms with Gasteiger partial charge in [-0.15, -0.1) is 0 Å². The molecule has 202 valence electrons.